The summed E-state index contributed by atoms with van der Waals surface area (Å²) in [5.74, 6) is 0.336. The standard InChI is InChI=1S/C20H28ClN3O2.ClH/c1-22-10-5-11-23-19(25)18-13-14-6-2-3-9-17(14)24(18)20(26)15-7-4-8-16(21)12-15;/h4,7-8,12,14,17-18,22H,2-3,5-6,9-11,13H2,1H3,(H,23,25);1H. The van der Waals surface area contributed by atoms with Crippen LogP contribution in [0.4, 0.5) is 0 Å². The number of halogens is 2. The van der Waals surface area contributed by atoms with Gasteiger partial charge < -0.3 is 15.5 Å². The Morgan fingerprint density at radius 3 is 2.74 bits per heavy atom. The number of rotatable bonds is 6. The highest BCUT2D eigenvalue weighted by Crippen LogP contribution is 2.40. The summed E-state index contributed by atoms with van der Waals surface area (Å²) in [6.45, 7) is 1.49. The van der Waals surface area contributed by atoms with Gasteiger partial charge in [0.15, 0.2) is 0 Å². The van der Waals surface area contributed by atoms with E-state index in [0.29, 0.717) is 23.0 Å². The molecule has 1 aliphatic carbocycles. The molecular weight excluding hydrogens is 385 g/mol. The molecule has 1 saturated carbocycles. The van der Waals surface area contributed by atoms with E-state index in [9.17, 15) is 9.59 Å². The molecule has 3 rings (SSSR count). The van der Waals surface area contributed by atoms with Crippen molar-refractivity contribution in [1.82, 2.24) is 15.5 Å². The van der Waals surface area contributed by atoms with Crippen molar-refractivity contribution in [2.45, 2.75) is 50.6 Å². The number of likely N-dealkylation sites (tertiary alicyclic amines) is 1. The third kappa shape index (κ3) is 5.15. The molecule has 1 aromatic rings. The second kappa shape index (κ2) is 10.3. The minimum atomic E-state index is -0.371. The highest BCUT2D eigenvalue weighted by Gasteiger charge is 2.47. The van der Waals surface area contributed by atoms with Gasteiger partial charge in [0.05, 0.1) is 0 Å². The van der Waals surface area contributed by atoms with Crippen LogP contribution in [0.15, 0.2) is 24.3 Å². The largest absolute Gasteiger partial charge is 0.354 e. The summed E-state index contributed by atoms with van der Waals surface area (Å²) < 4.78 is 0. The van der Waals surface area contributed by atoms with E-state index in [0.717, 1.165) is 38.6 Å². The summed E-state index contributed by atoms with van der Waals surface area (Å²) in [6.07, 6.45) is 6.06. The summed E-state index contributed by atoms with van der Waals surface area (Å²) in [5.41, 5.74) is 0.566. The zero-order valence-corrected chi connectivity index (χ0v) is 17.3. The van der Waals surface area contributed by atoms with Gasteiger partial charge in [-0.1, -0.05) is 30.5 Å². The number of carbonyl (C=O) groups is 2. The molecule has 1 saturated heterocycles. The molecule has 0 bridgehead atoms. The van der Waals surface area contributed by atoms with Gasteiger partial charge in [0.1, 0.15) is 6.04 Å². The Morgan fingerprint density at radius 2 is 2.00 bits per heavy atom. The molecule has 0 aromatic heterocycles. The van der Waals surface area contributed by atoms with E-state index in [1.54, 1.807) is 24.3 Å². The van der Waals surface area contributed by atoms with Crippen LogP contribution >= 0.6 is 24.0 Å². The lowest BCUT2D eigenvalue weighted by Gasteiger charge is -2.33. The number of amides is 2. The molecule has 150 valence electrons. The average Bonchev–Trinajstić information content (AvgIpc) is 3.04. The van der Waals surface area contributed by atoms with Gasteiger partial charge in [-0.15, -0.1) is 12.4 Å². The van der Waals surface area contributed by atoms with Gasteiger partial charge in [-0.2, -0.15) is 0 Å². The van der Waals surface area contributed by atoms with Gasteiger partial charge in [0, 0.05) is 23.2 Å². The number of nitrogens with zero attached hydrogens (tertiary/aromatic N) is 1. The molecule has 3 atom stereocenters. The fourth-order valence-corrected chi connectivity index (χ4v) is 4.54. The molecule has 3 unspecified atom stereocenters. The van der Waals surface area contributed by atoms with Crippen molar-refractivity contribution in [2.75, 3.05) is 20.1 Å². The lowest BCUT2D eigenvalue weighted by atomic mass is 9.84. The summed E-state index contributed by atoms with van der Waals surface area (Å²) >= 11 is 6.07. The Balaban J connectivity index is 0.00000261. The molecular formula is C20H29Cl2N3O2. The quantitative estimate of drug-likeness (QED) is 0.703. The monoisotopic (exact) mass is 413 g/mol. The Labute approximate surface area is 172 Å². The Hall–Kier alpha value is -1.30. The van der Waals surface area contributed by atoms with E-state index < -0.39 is 0 Å². The Kier molecular flexibility index (Phi) is 8.39. The first-order valence-corrected chi connectivity index (χ1v) is 10.00. The number of hydrogen-bond donors (Lipinski definition) is 2. The van der Waals surface area contributed by atoms with Crippen LogP contribution in [-0.2, 0) is 4.79 Å². The van der Waals surface area contributed by atoms with Crippen LogP contribution < -0.4 is 10.6 Å². The smallest absolute Gasteiger partial charge is 0.254 e. The number of nitrogens with one attached hydrogen (secondary N) is 2. The van der Waals surface area contributed by atoms with Crippen LogP contribution in [0, 0.1) is 5.92 Å². The molecule has 5 nitrogen and oxygen atoms in total. The zero-order valence-electron chi connectivity index (χ0n) is 15.7. The molecule has 2 N–H and O–H groups in total. The fraction of sp³-hybridized carbons (Fsp3) is 0.600. The lowest BCUT2D eigenvalue weighted by Crippen LogP contribution is -2.49. The van der Waals surface area contributed by atoms with Crippen molar-refractivity contribution in [3.05, 3.63) is 34.9 Å². The van der Waals surface area contributed by atoms with E-state index in [2.05, 4.69) is 10.6 Å². The lowest BCUT2D eigenvalue weighted by molar-refractivity contribution is -0.125. The van der Waals surface area contributed by atoms with Crippen molar-refractivity contribution < 1.29 is 9.59 Å². The molecule has 2 aliphatic rings. The first-order valence-electron chi connectivity index (χ1n) is 9.62. The maximum absolute atomic E-state index is 13.2. The maximum Gasteiger partial charge on any atom is 0.254 e. The molecule has 0 radical (unpaired) electrons. The molecule has 2 amide bonds. The normalized spacial score (nSPS) is 24.1. The first-order chi connectivity index (χ1) is 12.6. The highest BCUT2D eigenvalue weighted by molar-refractivity contribution is 6.31. The van der Waals surface area contributed by atoms with Crippen LogP contribution in [-0.4, -0.2) is 48.9 Å². The number of hydrogen-bond acceptors (Lipinski definition) is 3. The molecule has 27 heavy (non-hydrogen) atoms. The third-order valence-electron chi connectivity index (χ3n) is 5.60. The van der Waals surface area contributed by atoms with Crippen molar-refractivity contribution in [2.24, 2.45) is 5.92 Å². The molecule has 1 heterocycles. The Bertz CT molecular complexity index is 656. The maximum atomic E-state index is 13.2. The molecule has 1 aromatic carbocycles. The van der Waals surface area contributed by atoms with Crippen LogP contribution in [0.2, 0.25) is 5.02 Å². The van der Waals surface area contributed by atoms with Crippen LogP contribution in [0.1, 0.15) is 48.9 Å². The summed E-state index contributed by atoms with van der Waals surface area (Å²) in [4.78, 5) is 27.9. The fourth-order valence-electron chi connectivity index (χ4n) is 4.35. The predicted molar refractivity (Wildman–Crippen MR) is 111 cm³/mol. The van der Waals surface area contributed by atoms with E-state index in [1.165, 1.54) is 6.42 Å². The van der Waals surface area contributed by atoms with Crippen LogP contribution in [0.3, 0.4) is 0 Å². The van der Waals surface area contributed by atoms with Gasteiger partial charge in [0.25, 0.3) is 5.91 Å². The SMILES string of the molecule is CNCCCNC(=O)C1CC2CCCCC2N1C(=O)c1cccc(Cl)c1.Cl. The van der Waals surface area contributed by atoms with Crippen LogP contribution in [0.5, 0.6) is 0 Å². The summed E-state index contributed by atoms with van der Waals surface area (Å²) in [6, 6.07) is 6.83. The minimum Gasteiger partial charge on any atom is -0.354 e. The number of carbonyl (C=O) groups excluding carboxylic acids is 2. The van der Waals surface area contributed by atoms with E-state index in [1.807, 2.05) is 11.9 Å². The van der Waals surface area contributed by atoms with Crippen molar-refractivity contribution in [3.63, 3.8) is 0 Å². The molecule has 7 heteroatoms. The molecule has 2 fully saturated rings. The van der Waals surface area contributed by atoms with Gasteiger partial charge >= 0.3 is 0 Å². The van der Waals surface area contributed by atoms with Crippen molar-refractivity contribution in [3.8, 4) is 0 Å². The van der Waals surface area contributed by atoms with Gasteiger partial charge in [0.2, 0.25) is 5.91 Å². The summed E-state index contributed by atoms with van der Waals surface area (Å²) in [5, 5.41) is 6.64. The second-order valence-electron chi connectivity index (χ2n) is 7.33. The zero-order chi connectivity index (χ0) is 18.5. The van der Waals surface area contributed by atoms with Gasteiger partial charge in [-0.25, -0.2) is 0 Å². The van der Waals surface area contributed by atoms with Crippen molar-refractivity contribution >= 4 is 35.8 Å². The van der Waals surface area contributed by atoms with E-state index in [4.69, 9.17) is 11.6 Å². The van der Waals surface area contributed by atoms with Crippen LogP contribution in [0.25, 0.3) is 0 Å². The van der Waals surface area contributed by atoms with Crippen molar-refractivity contribution in [1.29, 1.82) is 0 Å². The number of fused-ring (bicyclic) bond motifs is 1. The van der Waals surface area contributed by atoms with E-state index in [-0.39, 0.29) is 36.3 Å². The van der Waals surface area contributed by atoms with E-state index >= 15 is 0 Å². The van der Waals surface area contributed by atoms with Gasteiger partial charge in [-0.05, 0) is 63.4 Å². The molecule has 0 spiro atoms. The minimum absolute atomic E-state index is 0. The predicted octanol–water partition coefficient (Wildman–Crippen LogP) is 3.26. The topological polar surface area (TPSA) is 61.4 Å². The average molecular weight is 414 g/mol. The first kappa shape index (κ1) is 22.0. The molecule has 1 aliphatic heterocycles. The third-order valence-corrected chi connectivity index (χ3v) is 5.83. The highest BCUT2D eigenvalue weighted by atomic mass is 35.5. The summed E-state index contributed by atoms with van der Waals surface area (Å²) in [7, 11) is 1.90. The van der Waals surface area contributed by atoms with Gasteiger partial charge in [-0.3, -0.25) is 9.59 Å². The second-order valence-corrected chi connectivity index (χ2v) is 7.77. The Morgan fingerprint density at radius 1 is 1.22 bits per heavy atom. The number of benzene rings is 1.